The third-order valence-corrected chi connectivity index (χ3v) is 3.27. The number of aromatic nitrogens is 2. The van der Waals surface area contributed by atoms with Crippen molar-refractivity contribution in [1.82, 2.24) is 9.78 Å². The molecule has 0 radical (unpaired) electrons. The quantitative estimate of drug-likeness (QED) is 0.750. The van der Waals surface area contributed by atoms with Crippen LogP contribution in [0.4, 0.5) is 10.2 Å². The lowest BCUT2D eigenvalue weighted by Gasteiger charge is -2.07. The molecule has 2 aromatic carbocycles. The number of rotatable bonds is 3. The summed E-state index contributed by atoms with van der Waals surface area (Å²) in [6.07, 6.45) is 2.29. The van der Waals surface area contributed by atoms with Crippen LogP contribution < -0.4 is 5.73 Å². The molecule has 104 valence electrons. The summed E-state index contributed by atoms with van der Waals surface area (Å²) in [5, 5.41) is 4.13. The third-order valence-electron chi connectivity index (χ3n) is 3.27. The number of aldehydes is 1. The lowest BCUT2D eigenvalue weighted by atomic mass is 10.0. The Balaban J connectivity index is 2.16. The normalized spacial score (nSPS) is 10.5. The van der Waals surface area contributed by atoms with E-state index >= 15 is 0 Å². The number of hydrogen-bond donors (Lipinski definition) is 1. The molecule has 21 heavy (non-hydrogen) atoms. The number of carbonyl (C=O) groups excluding carboxylic acids is 1. The minimum Gasteiger partial charge on any atom is -0.383 e. The van der Waals surface area contributed by atoms with Gasteiger partial charge in [0.05, 0.1) is 6.20 Å². The van der Waals surface area contributed by atoms with Crippen LogP contribution in [0.25, 0.3) is 16.8 Å². The van der Waals surface area contributed by atoms with Crippen LogP contribution >= 0.6 is 0 Å². The van der Waals surface area contributed by atoms with E-state index in [1.807, 2.05) is 6.07 Å². The predicted molar refractivity (Wildman–Crippen MR) is 78.8 cm³/mol. The Bertz CT molecular complexity index is 811. The topological polar surface area (TPSA) is 60.9 Å². The standard InChI is InChI=1S/C16H12FN3O/c17-14-7-3-4-8-15(14)20-16(18)13(9-19-20)12-6-2-1-5-11(12)10-21/h1-10H,18H2. The molecule has 0 atom stereocenters. The van der Waals surface area contributed by atoms with E-state index in [2.05, 4.69) is 5.10 Å². The van der Waals surface area contributed by atoms with Crippen LogP contribution in [0.15, 0.2) is 54.7 Å². The minimum absolute atomic E-state index is 0.268. The van der Waals surface area contributed by atoms with Crippen molar-refractivity contribution in [3.63, 3.8) is 0 Å². The molecule has 1 heterocycles. The zero-order valence-electron chi connectivity index (χ0n) is 11.0. The molecule has 0 unspecified atom stereocenters. The van der Waals surface area contributed by atoms with E-state index in [0.29, 0.717) is 16.7 Å². The van der Waals surface area contributed by atoms with E-state index in [4.69, 9.17) is 5.73 Å². The van der Waals surface area contributed by atoms with Gasteiger partial charge < -0.3 is 5.73 Å². The van der Waals surface area contributed by atoms with Crippen LogP contribution in [-0.2, 0) is 0 Å². The average Bonchev–Trinajstić information content (AvgIpc) is 2.89. The number of para-hydroxylation sites is 1. The Labute approximate surface area is 120 Å². The van der Waals surface area contributed by atoms with Crippen molar-refractivity contribution >= 4 is 12.1 Å². The Morgan fingerprint density at radius 2 is 1.76 bits per heavy atom. The van der Waals surface area contributed by atoms with E-state index in [9.17, 15) is 9.18 Å². The molecule has 0 spiro atoms. The Morgan fingerprint density at radius 3 is 2.52 bits per heavy atom. The molecule has 2 N–H and O–H groups in total. The van der Waals surface area contributed by atoms with Gasteiger partial charge >= 0.3 is 0 Å². The van der Waals surface area contributed by atoms with Gasteiger partial charge in [-0.2, -0.15) is 5.10 Å². The van der Waals surface area contributed by atoms with Crippen molar-refractivity contribution in [2.24, 2.45) is 0 Å². The molecule has 0 aliphatic carbocycles. The van der Waals surface area contributed by atoms with Gasteiger partial charge in [0.2, 0.25) is 0 Å². The highest BCUT2D eigenvalue weighted by Gasteiger charge is 2.15. The first-order chi connectivity index (χ1) is 10.2. The summed E-state index contributed by atoms with van der Waals surface area (Å²) >= 11 is 0. The molecule has 0 fully saturated rings. The maximum atomic E-state index is 13.8. The van der Waals surface area contributed by atoms with E-state index in [0.717, 1.165) is 6.29 Å². The van der Waals surface area contributed by atoms with Gasteiger partial charge in [0.1, 0.15) is 17.3 Å². The second-order valence-corrected chi connectivity index (χ2v) is 4.51. The number of nitrogens with zero attached hydrogens (tertiary/aromatic N) is 2. The lowest BCUT2D eigenvalue weighted by molar-refractivity contribution is 0.112. The van der Waals surface area contributed by atoms with Crippen LogP contribution in [0.5, 0.6) is 0 Å². The molecule has 1 aromatic heterocycles. The van der Waals surface area contributed by atoms with Gasteiger partial charge in [-0.3, -0.25) is 4.79 Å². The van der Waals surface area contributed by atoms with Gasteiger partial charge in [0.15, 0.2) is 6.29 Å². The van der Waals surface area contributed by atoms with Crippen molar-refractivity contribution < 1.29 is 9.18 Å². The van der Waals surface area contributed by atoms with Gasteiger partial charge in [0, 0.05) is 11.1 Å². The summed E-state index contributed by atoms with van der Waals surface area (Å²) in [6, 6.07) is 13.3. The van der Waals surface area contributed by atoms with Crippen LogP contribution in [0.1, 0.15) is 10.4 Å². The second-order valence-electron chi connectivity index (χ2n) is 4.51. The molecule has 0 amide bonds. The summed E-state index contributed by atoms with van der Waals surface area (Å²) in [5.74, 6) is -0.128. The van der Waals surface area contributed by atoms with Crippen LogP contribution in [-0.4, -0.2) is 16.1 Å². The zero-order chi connectivity index (χ0) is 14.8. The zero-order valence-corrected chi connectivity index (χ0v) is 11.0. The number of nitrogen functional groups attached to an aromatic ring is 1. The van der Waals surface area contributed by atoms with Crippen LogP contribution in [0.3, 0.4) is 0 Å². The number of carbonyl (C=O) groups is 1. The second kappa shape index (κ2) is 5.20. The maximum absolute atomic E-state index is 13.8. The van der Waals surface area contributed by atoms with Crippen molar-refractivity contribution in [2.45, 2.75) is 0 Å². The molecule has 0 bridgehead atoms. The summed E-state index contributed by atoms with van der Waals surface area (Å²) in [6.45, 7) is 0. The summed E-state index contributed by atoms with van der Waals surface area (Å²) in [5.41, 5.74) is 8.13. The van der Waals surface area contributed by atoms with E-state index in [-0.39, 0.29) is 11.5 Å². The number of halogens is 1. The number of anilines is 1. The van der Waals surface area contributed by atoms with Gasteiger partial charge in [-0.15, -0.1) is 0 Å². The number of nitrogens with two attached hydrogens (primary N) is 1. The SMILES string of the molecule is Nc1c(-c2ccccc2C=O)cnn1-c1ccccc1F. The smallest absolute Gasteiger partial charge is 0.150 e. The molecule has 5 heteroatoms. The van der Waals surface area contributed by atoms with Crippen molar-refractivity contribution in [3.8, 4) is 16.8 Å². The monoisotopic (exact) mass is 281 g/mol. The summed E-state index contributed by atoms with van der Waals surface area (Å²) < 4.78 is 15.2. The van der Waals surface area contributed by atoms with Crippen molar-refractivity contribution in [3.05, 3.63) is 66.1 Å². The Hall–Kier alpha value is -2.95. The van der Waals surface area contributed by atoms with Crippen LogP contribution in [0, 0.1) is 5.82 Å². The first-order valence-corrected chi connectivity index (χ1v) is 6.35. The molecule has 0 saturated heterocycles. The summed E-state index contributed by atoms with van der Waals surface area (Å²) in [7, 11) is 0. The van der Waals surface area contributed by atoms with E-state index in [1.165, 1.54) is 16.9 Å². The fourth-order valence-corrected chi connectivity index (χ4v) is 2.23. The number of hydrogen-bond acceptors (Lipinski definition) is 3. The first kappa shape index (κ1) is 13.1. The first-order valence-electron chi connectivity index (χ1n) is 6.35. The highest BCUT2D eigenvalue weighted by Crippen LogP contribution is 2.30. The fourth-order valence-electron chi connectivity index (χ4n) is 2.23. The molecule has 4 nitrogen and oxygen atoms in total. The van der Waals surface area contributed by atoms with Gasteiger partial charge in [-0.1, -0.05) is 36.4 Å². The molecule has 0 aliphatic heterocycles. The maximum Gasteiger partial charge on any atom is 0.150 e. The molecule has 3 rings (SSSR count). The highest BCUT2D eigenvalue weighted by atomic mass is 19.1. The highest BCUT2D eigenvalue weighted by molar-refractivity contribution is 5.90. The van der Waals surface area contributed by atoms with Gasteiger partial charge in [-0.25, -0.2) is 9.07 Å². The number of benzene rings is 2. The van der Waals surface area contributed by atoms with E-state index in [1.54, 1.807) is 36.4 Å². The Morgan fingerprint density at radius 1 is 1.05 bits per heavy atom. The summed E-state index contributed by atoms with van der Waals surface area (Å²) in [4.78, 5) is 11.1. The average molecular weight is 281 g/mol. The van der Waals surface area contributed by atoms with Crippen LogP contribution in [0.2, 0.25) is 0 Å². The lowest BCUT2D eigenvalue weighted by Crippen LogP contribution is -2.04. The van der Waals surface area contributed by atoms with Gasteiger partial charge in [-0.05, 0) is 17.7 Å². The van der Waals surface area contributed by atoms with Gasteiger partial charge in [0.25, 0.3) is 0 Å². The fraction of sp³-hybridized carbons (Fsp3) is 0. The van der Waals surface area contributed by atoms with Crippen molar-refractivity contribution in [1.29, 1.82) is 0 Å². The third kappa shape index (κ3) is 2.18. The van der Waals surface area contributed by atoms with Crippen molar-refractivity contribution in [2.75, 3.05) is 5.73 Å². The molecular weight excluding hydrogens is 269 g/mol. The largest absolute Gasteiger partial charge is 0.383 e. The Kier molecular flexibility index (Phi) is 3.23. The predicted octanol–water partition coefficient (Wildman–Crippen LogP) is 3.07. The molecular formula is C16H12FN3O. The molecule has 3 aromatic rings. The molecule has 0 aliphatic rings. The molecule has 0 saturated carbocycles. The minimum atomic E-state index is -0.414. The van der Waals surface area contributed by atoms with E-state index < -0.39 is 5.82 Å².